The van der Waals surface area contributed by atoms with E-state index in [4.69, 9.17) is 15.0 Å². The van der Waals surface area contributed by atoms with Crippen molar-refractivity contribution in [3.8, 4) is 22.8 Å². The van der Waals surface area contributed by atoms with Gasteiger partial charge >= 0.3 is 0 Å². The smallest absolute Gasteiger partial charge is 0.265 e. The molecule has 1 aliphatic heterocycles. The molecule has 44 heavy (non-hydrogen) atoms. The molecule has 2 amide bonds. The van der Waals surface area contributed by atoms with Gasteiger partial charge in [0.25, 0.3) is 11.8 Å². The zero-order valence-electron chi connectivity index (χ0n) is 23.9. The zero-order chi connectivity index (χ0) is 29.8. The van der Waals surface area contributed by atoms with Gasteiger partial charge in [-0.3, -0.25) is 9.59 Å². The van der Waals surface area contributed by atoms with Crippen LogP contribution in [0.3, 0.4) is 0 Å². The van der Waals surface area contributed by atoms with Crippen LogP contribution in [0.4, 0.5) is 5.69 Å². The predicted octanol–water partition coefficient (Wildman–Crippen LogP) is 7.52. The topological polar surface area (TPSA) is 76.1 Å². The molecular weight excluding hydrogens is 544 g/mol. The van der Waals surface area contributed by atoms with Gasteiger partial charge in [-0.15, -0.1) is 0 Å². The lowest BCUT2D eigenvalue weighted by Gasteiger charge is -2.43. The second kappa shape index (κ2) is 9.92. The maximum absolute atomic E-state index is 14.1. The van der Waals surface area contributed by atoms with Crippen molar-refractivity contribution in [2.45, 2.75) is 13.3 Å². The molecule has 1 aromatic heterocycles. The van der Waals surface area contributed by atoms with Crippen LogP contribution in [-0.4, -0.2) is 26.8 Å². The predicted molar refractivity (Wildman–Crippen MR) is 172 cm³/mol. The number of imide groups is 1. The molecule has 0 N–H and O–H groups in total. The second-order valence-electron chi connectivity index (χ2n) is 11.4. The van der Waals surface area contributed by atoms with E-state index in [-0.39, 0.29) is 11.8 Å². The second-order valence-corrected chi connectivity index (χ2v) is 11.4. The highest BCUT2D eigenvalue weighted by atomic mass is 16.2. The van der Waals surface area contributed by atoms with Crippen molar-refractivity contribution >= 4 is 33.8 Å². The van der Waals surface area contributed by atoms with E-state index in [1.54, 1.807) is 0 Å². The Morgan fingerprint density at radius 3 is 1.95 bits per heavy atom. The van der Waals surface area contributed by atoms with E-state index in [0.717, 1.165) is 33.0 Å². The fourth-order valence-corrected chi connectivity index (χ4v) is 6.51. The molecule has 0 spiro atoms. The van der Waals surface area contributed by atoms with Gasteiger partial charge in [-0.25, -0.2) is 19.9 Å². The molecule has 1 unspecified atom stereocenters. The first kappa shape index (κ1) is 25.9. The van der Waals surface area contributed by atoms with Crippen LogP contribution in [0.1, 0.15) is 19.2 Å². The molecule has 0 radical (unpaired) electrons. The number of anilines is 1. The van der Waals surface area contributed by atoms with Crippen LogP contribution in [0.25, 0.3) is 39.1 Å². The molecule has 210 valence electrons. The number of carbonyl (C=O) groups excluding carboxylic acids is 2. The van der Waals surface area contributed by atoms with Crippen molar-refractivity contribution in [2.24, 2.45) is 5.41 Å². The summed E-state index contributed by atoms with van der Waals surface area (Å²) in [6.07, 6.45) is 8.23. The first-order valence-electron chi connectivity index (χ1n) is 14.6. The minimum absolute atomic E-state index is 0.327. The molecule has 0 saturated carbocycles. The Bertz CT molecular complexity index is 2090. The Labute approximate surface area is 254 Å². The number of hydrogen-bond acceptors (Lipinski definition) is 5. The molecule has 4 aromatic carbocycles. The van der Waals surface area contributed by atoms with E-state index < -0.39 is 5.41 Å². The lowest BCUT2D eigenvalue weighted by atomic mass is 9.62. The van der Waals surface area contributed by atoms with Crippen molar-refractivity contribution in [3.05, 3.63) is 150 Å². The molecule has 5 aromatic rings. The molecule has 6 heteroatoms. The number of carbonyl (C=O) groups is 2. The highest BCUT2D eigenvalue weighted by Gasteiger charge is 2.49. The summed E-state index contributed by atoms with van der Waals surface area (Å²) in [5.41, 5.74) is 4.22. The molecule has 8 rings (SSSR count). The van der Waals surface area contributed by atoms with E-state index in [0.29, 0.717) is 40.7 Å². The summed E-state index contributed by atoms with van der Waals surface area (Å²) < 4.78 is 0. The van der Waals surface area contributed by atoms with Crippen LogP contribution in [0.5, 0.6) is 0 Å². The Kier molecular flexibility index (Phi) is 5.84. The number of allylic oxidation sites excluding steroid dienone is 4. The lowest BCUT2D eigenvalue weighted by molar-refractivity contribution is -0.123. The van der Waals surface area contributed by atoms with E-state index in [9.17, 15) is 9.59 Å². The van der Waals surface area contributed by atoms with Crippen LogP contribution in [0, 0.1) is 5.41 Å². The first-order valence-corrected chi connectivity index (χ1v) is 14.6. The van der Waals surface area contributed by atoms with Gasteiger partial charge in [0.05, 0.1) is 5.69 Å². The fourth-order valence-electron chi connectivity index (χ4n) is 6.51. The van der Waals surface area contributed by atoms with Crippen LogP contribution in [-0.2, 0) is 9.59 Å². The average Bonchev–Trinajstić information content (AvgIpc) is 3.07. The molecule has 0 fully saturated rings. The number of hydrogen-bond donors (Lipinski definition) is 0. The minimum atomic E-state index is -0.696. The van der Waals surface area contributed by atoms with E-state index in [2.05, 4.69) is 6.92 Å². The molecule has 3 aliphatic rings. The van der Waals surface area contributed by atoms with Gasteiger partial charge in [-0.1, -0.05) is 116 Å². The van der Waals surface area contributed by atoms with E-state index >= 15 is 0 Å². The lowest BCUT2D eigenvalue weighted by Crippen LogP contribution is -2.47. The summed E-state index contributed by atoms with van der Waals surface area (Å²) >= 11 is 0. The largest absolute Gasteiger partial charge is 0.268 e. The maximum Gasteiger partial charge on any atom is 0.265 e. The molecule has 0 bridgehead atoms. The maximum atomic E-state index is 14.1. The number of rotatable bonds is 4. The Morgan fingerprint density at radius 2 is 1.27 bits per heavy atom. The number of fused-ring (bicyclic) bond motifs is 1. The molecule has 2 aliphatic carbocycles. The van der Waals surface area contributed by atoms with E-state index in [1.165, 1.54) is 4.90 Å². The van der Waals surface area contributed by atoms with Crippen LogP contribution < -0.4 is 4.90 Å². The SMILES string of the molecule is CC12CC=CC3=C1C(=CC=C2c1nc(-c2ccccc2)nc(-c2ccccc2)n1)C(=O)N(c1ccc2ccccc2c1)C3=O. The van der Waals surface area contributed by atoms with Gasteiger partial charge in [0, 0.05) is 33.3 Å². The zero-order valence-corrected chi connectivity index (χ0v) is 23.9. The molecule has 1 atom stereocenters. The van der Waals surface area contributed by atoms with Crippen LogP contribution in [0.2, 0.25) is 0 Å². The third-order valence-electron chi connectivity index (χ3n) is 8.71. The summed E-state index contributed by atoms with van der Waals surface area (Å²) in [5, 5.41) is 2.01. The molecule has 2 heterocycles. The van der Waals surface area contributed by atoms with Gasteiger partial charge in [0.1, 0.15) is 0 Å². The highest BCUT2D eigenvalue weighted by molar-refractivity contribution is 6.32. The number of nitrogens with zero attached hydrogens (tertiary/aromatic N) is 4. The number of aromatic nitrogens is 3. The molecule has 0 saturated heterocycles. The average molecular weight is 571 g/mol. The number of benzene rings is 4. The van der Waals surface area contributed by atoms with Crippen molar-refractivity contribution in [1.29, 1.82) is 0 Å². The monoisotopic (exact) mass is 570 g/mol. The van der Waals surface area contributed by atoms with Gasteiger partial charge in [-0.2, -0.15) is 0 Å². The van der Waals surface area contributed by atoms with E-state index in [1.807, 2.05) is 127 Å². The van der Waals surface area contributed by atoms with Crippen molar-refractivity contribution < 1.29 is 9.59 Å². The number of amides is 2. The third kappa shape index (κ3) is 3.99. The van der Waals surface area contributed by atoms with Gasteiger partial charge in [0.15, 0.2) is 17.5 Å². The molecular formula is C38H26N4O2. The normalized spacial score (nSPS) is 19.2. The Balaban J connectivity index is 1.29. The minimum Gasteiger partial charge on any atom is -0.268 e. The summed E-state index contributed by atoms with van der Waals surface area (Å²) in [6.45, 7) is 2.07. The van der Waals surface area contributed by atoms with Crippen molar-refractivity contribution in [2.75, 3.05) is 4.90 Å². The summed E-state index contributed by atoms with van der Waals surface area (Å²) in [6, 6.07) is 33.3. The Hall–Kier alpha value is -5.75. The van der Waals surface area contributed by atoms with Gasteiger partial charge < -0.3 is 0 Å². The molecule has 6 nitrogen and oxygen atoms in total. The summed E-state index contributed by atoms with van der Waals surface area (Å²) in [4.78, 5) is 44.3. The quantitative estimate of drug-likeness (QED) is 0.209. The van der Waals surface area contributed by atoms with Crippen LogP contribution >= 0.6 is 0 Å². The first-order chi connectivity index (χ1) is 21.5. The van der Waals surface area contributed by atoms with Crippen LogP contribution in [0.15, 0.2) is 144 Å². The Morgan fingerprint density at radius 1 is 0.659 bits per heavy atom. The highest BCUT2D eigenvalue weighted by Crippen LogP contribution is 2.54. The third-order valence-corrected chi connectivity index (χ3v) is 8.71. The summed E-state index contributed by atoms with van der Waals surface area (Å²) in [5.74, 6) is 0.993. The fraction of sp³-hybridized carbons (Fsp3) is 0.0789. The standard InChI is InChI=1S/C38H26N4O2/c1-38-22-10-17-29-32(38)30(37(44)42(36(29)43)28-19-18-24-11-8-9-16-27(24)23-28)20-21-31(38)35-40-33(25-12-4-2-5-13-25)39-34(41-35)26-14-6-3-7-15-26/h2-21,23H,22H2,1H3. The van der Waals surface area contributed by atoms with Gasteiger partial charge in [0.2, 0.25) is 0 Å². The summed E-state index contributed by atoms with van der Waals surface area (Å²) in [7, 11) is 0. The van der Waals surface area contributed by atoms with Crippen molar-refractivity contribution in [1.82, 2.24) is 15.0 Å². The van der Waals surface area contributed by atoms with Crippen molar-refractivity contribution in [3.63, 3.8) is 0 Å². The van der Waals surface area contributed by atoms with Gasteiger partial charge in [-0.05, 0) is 41.0 Å².